The van der Waals surface area contributed by atoms with Gasteiger partial charge in [0, 0.05) is 6.42 Å². The molecule has 16 heavy (non-hydrogen) atoms. The van der Waals surface area contributed by atoms with Crippen LogP contribution in [0.25, 0.3) is 0 Å². The molecule has 0 fully saturated rings. The fraction of sp³-hybridized carbons (Fsp3) is 0.462. The highest BCUT2D eigenvalue weighted by atomic mass is 19.1. The van der Waals surface area contributed by atoms with Crippen molar-refractivity contribution in [2.45, 2.75) is 32.6 Å². The van der Waals surface area contributed by atoms with Gasteiger partial charge in [-0.15, -0.1) is 0 Å². The zero-order chi connectivity index (χ0) is 11.8. The highest BCUT2D eigenvalue weighted by Gasteiger charge is 2.00. The van der Waals surface area contributed by atoms with Gasteiger partial charge in [-0.1, -0.05) is 0 Å². The van der Waals surface area contributed by atoms with E-state index in [0.717, 1.165) is 30.6 Å². The van der Waals surface area contributed by atoms with E-state index in [0.29, 0.717) is 13.0 Å². The Labute approximate surface area is 95.7 Å². The van der Waals surface area contributed by atoms with Crippen molar-refractivity contribution in [1.29, 1.82) is 5.26 Å². The van der Waals surface area contributed by atoms with Gasteiger partial charge >= 0.3 is 0 Å². The third kappa shape index (κ3) is 4.31. The lowest BCUT2D eigenvalue weighted by Gasteiger charge is -2.08. The van der Waals surface area contributed by atoms with Crippen LogP contribution >= 0.6 is 0 Å². The fourth-order valence-electron chi connectivity index (χ4n) is 1.44. The average molecular weight is 221 g/mol. The van der Waals surface area contributed by atoms with Crippen molar-refractivity contribution in [3.63, 3.8) is 0 Å². The Balaban J connectivity index is 2.25. The van der Waals surface area contributed by atoms with Crippen molar-refractivity contribution in [1.82, 2.24) is 0 Å². The topological polar surface area (TPSA) is 33.0 Å². The lowest BCUT2D eigenvalue weighted by molar-refractivity contribution is 0.303. The maximum atomic E-state index is 12.8. The third-order valence-corrected chi connectivity index (χ3v) is 2.33. The molecule has 0 spiro atoms. The molecule has 0 aliphatic heterocycles. The number of nitriles is 1. The predicted molar refractivity (Wildman–Crippen MR) is 60.7 cm³/mol. The van der Waals surface area contributed by atoms with E-state index in [2.05, 4.69) is 6.07 Å². The quantitative estimate of drug-likeness (QED) is 0.687. The summed E-state index contributed by atoms with van der Waals surface area (Å²) in [6, 6.07) is 6.63. The van der Waals surface area contributed by atoms with E-state index in [1.807, 2.05) is 6.92 Å². The van der Waals surface area contributed by atoms with Crippen molar-refractivity contribution in [2.24, 2.45) is 0 Å². The Kier molecular flexibility index (Phi) is 5.35. The number of halogens is 1. The average Bonchev–Trinajstić information content (AvgIpc) is 2.26. The Hall–Kier alpha value is -1.56. The Morgan fingerprint density at radius 1 is 1.31 bits per heavy atom. The molecule has 86 valence electrons. The minimum atomic E-state index is -0.237. The molecule has 3 heteroatoms. The first-order chi connectivity index (χ1) is 7.74. The summed E-state index contributed by atoms with van der Waals surface area (Å²) in [4.78, 5) is 0. The summed E-state index contributed by atoms with van der Waals surface area (Å²) < 4.78 is 18.3. The molecule has 0 unspecified atom stereocenters. The van der Waals surface area contributed by atoms with Gasteiger partial charge in [0.2, 0.25) is 0 Å². The summed E-state index contributed by atoms with van der Waals surface area (Å²) in [5.74, 6) is 0.501. The number of hydrogen-bond donors (Lipinski definition) is 0. The number of nitrogens with zero attached hydrogens (tertiary/aromatic N) is 1. The van der Waals surface area contributed by atoms with Gasteiger partial charge in [0.05, 0.1) is 12.7 Å². The normalized spacial score (nSPS) is 9.81. The number of hydrogen-bond acceptors (Lipinski definition) is 2. The van der Waals surface area contributed by atoms with E-state index >= 15 is 0 Å². The van der Waals surface area contributed by atoms with Gasteiger partial charge in [-0.25, -0.2) is 4.39 Å². The molecule has 0 heterocycles. The van der Waals surface area contributed by atoms with E-state index in [9.17, 15) is 4.39 Å². The molecule has 0 radical (unpaired) electrons. The van der Waals surface area contributed by atoms with Crippen LogP contribution in [0.2, 0.25) is 0 Å². The van der Waals surface area contributed by atoms with Gasteiger partial charge in [0.15, 0.2) is 0 Å². The van der Waals surface area contributed by atoms with Gasteiger partial charge in [-0.2, -0.15) is 5.26 Å². The number of rotatable bonds is 6. The molecule has 0 N–H and O–H groups in total. The molecular formula is C13H16FNO. The van der Waals surface area contributed by atoms with Gasteiger partial charge < -0.3 is 4.74 Å². The van der Waals surface area contributed by atoms with E-state index in [-0.39, 0.29) is 5.82 Å². The summed E-state index contributed by atoms with van der Waals surface area (Å²) in [5, 5.41) is 8.35. The molecule has 0 bridgehead atoms. The molecule has 0 aromatic heterocycles. The number of ether oxygens (including phenoxy) is 1. The van der Waals surface area contributed by atoms with Gasteiger partial charge in [-0.05, 0) is 49.9 Å². The molecule has 0 saturated heterocycles. The monoisotopic (exact) mass is 221 g/mol. The smallest absolute Gasteiger partial charge is 0.123 e. The maximum Gasteiger partial charge on any atom is 0.123 e. The largest absolute Gasteiger partial charge is 0.493 e. The standard InChI is InChI=1S/C13H16FNO/c1-11-10-12(14)6-7-13(11)16-9-5-3-2-4-8-15/h6-7,10H,2-5,9H2,1H3. The van der Waals surface area contributed by atoms with Crippen LogP contribution in [0.5, 0.6) is 5.75 Å². The number of aryl methyl sites for hydroxylation is 1. The minimum absolute atomic E-state index is 0.237. The molecule has 0 amide bonds. The second kappa shape index (κ2) is 6.84. The minimum Gasteiger partial charge on any atom is -0.493 e. The summed E-state index contributed by atoms with van der Waals surface area (Å²) >= 11 is 0. The maximum absolute atomic E-state index is 12.8. The van der Waals surface area contributed by atoms with Crippen LogP contribution in [0, 0.1) is 24.1 Å². The molecule has 1 rings (SSSR count). The van der Waals surface area contributed by atoms with Crippen LogP contribution in [0.15, 0.2) is 18.2 Å². The van der Waals surface area contributed by atoms with Crippen LogP contribution in [-0.4, -0.2) is 6.61 Å². The van der Waals surface area contributed by atoms with Crippen LogP contribution < -0.4 is 4.74 Å². The highest BCUT2D eigenvalue weighted by Crippen LogP contribution is 2.18. The van der Waals surface area contributed by atoms with E-state index in [1.54, 1.807) is 6.07 Å². The summed E-state index contributed by atoms with van der Waals surface area (Å²) in [6.07, 6.45) is 3.45. The Morgan fingerprint density at radius 2 is 2.12 bits per heavy atom. The predicted octanol–water partition coefficient (Wildman–Crippen LogP) is 3.60. The van der Waals surface area contributed by atoms with Gasteiger partial charge in [0.1, 0.15) is 11.6 Å². The van der Waals surface area contributed by atoms with Crippen molar-refractivity contribution in [3.05, 3.63) is 29.6 Å². The Bertz CT molecular complexity index is 371. The van der Waals surface area contributed by atoms with Crippen molar-refractivity contribution < 1.29 is 9.13 Å². The molecule has 1 aromatic carbocycles. The summed E-state index contributed by atoms with van der Waals surface area (Å²) in [6.45, 7) is 2.45. The van der Waals surface area contributed by atoms with Crippen LogP contribution in [0.1, 0.15) is 31.2 Å². The van der Waals surface area contributed by atoms with Crippen molar-refractivity contribution in [3.8, 4) is 11.8 Å². The van der Waals surface area contributed by atoms with E-state index in [4.69, 9.17) is 10.00 Å². The zero-order valence-corrected chi connectivity index (χ0v) is 9.50. The van der Waals surface area contributed by atoms with Crippen molar-refractivity contribution in [2.75, 3.05) is 6.61 Å². The summed E-state index contributed by atoms with van der Waals surface area (Å²) in [7, 11) is 0. The molecule has 1 aromatic rings. The third-order valence-electron chi connectivity index (χ3n) is 2.33. The lowest BCUT2D eigenvalue weighted by Crippen LogP contribution is -1.99. The fourth-order valence-corrected chi connectivity index (χ4v) is 1.44. The first-order valence-electron chi connectivity index (χ1n) is 5.50. The van der Waals surface area contributed by atoms with Crippen LogP contribution in [0.3, 0.4) is 0 Å². The zero-order valence-electron chi connectivity index (χ0n) is 9.50. The lowest BCUT2D eigenvalue weighted by atomic mass is 10.2. The molecule has 0 atom stereocenters. The van der Waals surface area contributed by atoms with E-state index < -0.39 is 0 Å². The first kappa shape index (κ1) is 12.5. The second-order valence-corrected chi connectivity index (χ2v) is 3.73. The first-order valence-corrected chi connectivity index (χ1v) is 5.50. The number of benzene rings is 1. The molecular weight excluding hydrogens is 205 g/mol. The van der Waals surface area contributed by atoms with Crippen LogP contribution in [0.4, 0.5) is 4.39 Å². The molecule has 0 saturated carbocycles. The molecule has 0 aliphatic carbocycles. The molecule has 0 aliphatic rings. The SMILES string of the molecule is Cc1cc(F)ccc1OCCCCCC#N. The van der Waals surface area contributed by atoms with Crippen LogP contribution in [-0.2, 0) is 0 Å². The second-order valence-electron chi connectivity index (χ2n) is 3.73. The van der Waals surface area contributed by atoms with Gasteiger partial charge in [0.25, 0.3) is 0 Å². The summed E-state index contributed by atoms with van der Waals surface area (Å²) in [5.41, 5.74) is 0.817. The molecule has 2 nitrogen and oxygen atoms in total. The number of unbranched alkanes of at least 4 members (excludes halogenated alkanes) is 3. The van der Waals surface area contributed by atoms with Gasteiger partial charge in [-0.3, -0.25) is 0 Å². The Morgan fingerprint density at radius 3 is 2.81 bits per heavy atom. The van der Waals surface area contributed by atoms with E-state index in [1.165, 1.54) is 12.1 Å². The van der Waals surface area contributed by atoms with Crippen molar-refractivity contribution >= 4 is 0 Å². The highest BCUT2D eigenvalue weighted by molar-refractivity contribution is 5.32.